The van der Waals surface area contributed by atoms with E-state index in [0.29, 0.717) is 36.6 Å². The molecule has 2 aromatic rings. The van der Waals surface area contributed by atoms with Gasteiger partial charge in [-0.3, -0.25) is 0 Å². The summed E-state index contributed by atoms with van der Waals surface area (Å²) in [6.07, 6.45) is 3.80. The first-order valence-electron chi connectivity index (χ1n) is 8.73. The molecule has 1 fully saturated rings. The number of nitriles is 1. The van der Waals surface area contributed by atoms with Crippen LogP contribution in [0.4, 0.5) is 10.1 Å². The van der Waals surface area contributed by atoms with Crippen LogP contribution in [-0.4, -0.2) is 37.9 Å². The smallest absolute Gasteiger partial charge is 0.365 e. The van der Waals surface area contributed by atoms with Crippen molar-refractivity contribution < 1.29 is 13.7 Å². The summed E-state index contributed by atoms with van der Waals surface area (Å²) in [4.78, 5) is 22.7. The Bertz CT molecular complexity index is 866. The van der Waals surface area contributed by atoms with Crippen LogP contribution in [0.25, 0.3) is 11.1 Å². The SMILES string of the molecule is CC=O.CNCn1cc(-c2ccc(N3CCB(C#N)CC3)c(F)c2)c(=O)o1. The molecule has 1 aliphatic rings. The number of benzene rings is 1. The molecule has 3 rings (SSSR count). The van der Waals surface area contributed by atoms with Gasteiger partial charge in [0.05, 0.1) is 17.4 Å². The maximum Gasteiger partial charge on any atom is 0.365 e. The fourth-order valence-corrected chi connectivity index (χ4v) is 2.99. The summed E-state index contributed by atoms with van der Waals surface area (Å²) in [6, 6.07) is 4.78. The van der Waals surface area contributed by atoms with Crippen LogP contribution in [0.15, 0.2) is 33.7 Å². The summed E-state index contributed by atoms with van der Waals surface area (Å²) in [5.74, 6) is 1.90. The van der Waals surface area contributed by atoms with Crippen LogP contribution in [0.2, 0.25) is 12.6 Å². The maximum absolute atomic E-state index is 14.5. The number of nitrogens with one attached hydrogen (secondary N) is 1. The van der Waals surface area contributed by atoms with E-state index < -0.39 is 5.63 Å². The Hall–Kier alpha value is -2.86. The highest BCUT2D eigenvalue weighted by Crippen LogP contribution is 2.27. The predicted octanol–water partition coefficient (Wildman–Crippen LogP) is 2.01. The maximum atomic E-state index is 14.5. The highest BCUT2D eigenvalue weighted by atomic mass is 19.1. The average molecular weight is 372 g/mol. The number of carbonyl (C=O) groups excluding carboxylic acids is 1. The molecule has 1 aromatic heterocycles. The zero-order valence-corrected chi connectivity index (χ0v) is 15.4. The van der Waals surface area contributed by atoms with Gasteiger partial charge < -0.3 is 19.5 Å². The second-order valence-corrected chi connectivity index (χ2v) is 6.14. The van der Waals surface area contributed by atoms with E-state index in [4.69, 9.17) is 14.6 Å². The molecule has 1 aliphatic heterocycles. The van der Waals surface area contributed by atoms with Crippen molar-refractivity contribution in [1.29, 1.82) is 5.26 Å². The zero-order valence-electron chi connectivity index (χ0n) is 15.4. The number of aldehydes is 1. The van der Waals surface area contributed by atoms with Gasteiger partial charge in [0, 0.05) is 19.1 Å². The van der Waals surface area contributed by atoms with E-state index in [0.717, 1.165) is 18.9 Å². The molecule has 1 saturated heterocycles. The van der Waals surface area contributed by atoms with Crippen LogP contribution in [0.1, 0.15) is 6.92 Å². The molecular formula is C18H22BFN4O3. The number of anilines is 1. The zero-order chi connectivity index (χ0) is 19.8. The van der Waals surface area contributed by atoms with Gasteiger partial charge in [-0.1, -0.05) is 6.07 Å². The third kappa shape index (κ3) is 5.08. The Morgan fingerprint density at radius 3 is 2.63 bits per heavy atom. The Kier molecular flexibility index (Phi) is 7.38. The van der Waals surface area contributed by atoms with Crippen molar-refractivity contribution in [2.24, 2.45) is 0 Å². The first-order valence-corrected chi connectivity index (χ1v) is 8.73. The van der Waals surface area contributed by atoms with Crippen LogP contribution >= 0.6 is 0 Å². The van der Waals surface area contributed by atoms with Gasteiger partial charge >= 0.3 is 5.63 Å². The first-order chi connectivity index (χ1) is 13.0. The molecule has 1 N–H and O–H groups in total. The molecule has 0 atom stereocenters. The Morgan fingerprint density at radius 2 is 2.07 bits per heavy atom. The lowest BCUT2D eigenvalue weighted by atomic mass is 9.45. The summed E-state index contributed by atoms with van der Waals surface area (Å²) in [6.45, 7) is 3.19. The van der Waals surface area contributed by atoms with Gasteiger partial charge in [-0.25, -0.2) is 14.4 Å². The van der Waals surface area contributed by atoms with E-state index in [-0.39, 0.29) is 12.5 Å². The van der Waals surface area contributed by atoms with Crippen molar-refractivity contribution in [3.63, 3.8) is 0 Å². The van der Waals surface area contributed by atoms with Crippen LogP contribution in [0, 0.1) is 17.0 Å². The monoisotopic (exact) mass is 372 g/mol. The first kappa shape index (κ1) is 20.5. The molecule has 0 saturated carbocycles. The summed E-state index contributed by atoms with van der Waals surface area (Å²) < 4.78 is 21.0. The molecule has 0 amide bonds. The fourth-order valence-electron chi connectivity index (χ4n) is 2.99. The number of hydrogen-bond donors (Lipinski definition) is 1. The lowest BCUT2D eigenvalue weighted by molar-refractivity contribution is -0.106. The molecule has 27 heavy (non-hydrogen) atoms. The van der Waals surface area contributed by atoms with Crippen LogP contribution in [-0.2, 0) is 11.5 Å². The molecule has 7 nitrogen and oxygen atoms in total. The largest absolute Gasteiger partial charge is 0.370 e. The number of carbonyl (C=O) groups is 1. The number of rotatable bonds is 4. The van der Waals surface area contributed by atoms with Crippen LogP contribution in [0.3, 0.4) is 0 Å². The number of hydrogen-bond acceptors (Lipinski definition) is 6. The van der Waals surface area contributed by atoms with Gasteiger partial charge in [-0.2, -0.15) is 4.74 Å². The molecule has 0 bridgehead atoms. The minimum Gasteiger partial charge on any atom is -0.370 e. The fraction of sp³-hybridized carbons (Fsp3) is 0.389. The standard InChI is InChI=1S/C16H18BFN4O2.C2H4O/c1-20-11-22-9-13(16(23)24-22)12-2-3-15(14(18)8-12)21-6-4-17(10-19)5-7-21;1-2-3/h2-3,8-9,20H,4-7,11H2,1H3;2H,1H3. The second kappa shape index (κ2) is 9.74. The average Bonchev–Trinajstić information content (AvgIpc) is 3.03. The second-order valence-electron chi connectivity index (χ2n) is 6.14. The van der Waals surface area contributed by atoms with Crippen LogP contribution in [0.5, 0.6) is 0 Å². The van der Waals surface area contributed by atoms with E-state index in [1.54, 1.807) is 25.4 Å². The van der Waals surface area contributed by atoms with Gasteiger partial charge in [-0.05, 0) is 44.3 Å². The summed E-state index contributed by atoms with van der Waals surface area (Å²) in [7, 11) is 1.74. The molecule has 0 aliphatic carbocycles. The molecule has 0 spiro atoms. The third-order valence-corrected chi connectivity index (χ3v) is 4.28. The van der Waals surface area contributed by atoms with E-state index >= 15 is 0 Å². The summed E-state index contributed by atoms with van der Waals surface area (Å²) >= 11 is 0. The van der Waals surface area contributed by atoms with Gasteiger partial charge in [-0.15, -0.1) is 0 Å². The third-order valence-electron chi connectivity index (χ3n) is 4.28. The minimum atomic E-state index is -0.493. The van der Waals surface area contributed by atoms with Crippen molar-refractivity contribution in [3.05, 3.63) is 40.6 Å². The number of nitrogens with zero attached hydrogens (tertiary/aromatic N) is 3. The van der Waals surface area contributed by atoms with E-state index in [9.17, 15) is 9.18 Å². The van der Waals surface area contributed by atoms with Gasteiger partial charge in [0.2, 0.25) is 0 Å². The summed E-state index contributed by atoms with van der Waals surface area (Å²) in [5, 5.41) is 11.8. The molecule has 1 aromatic carbocycles. The molecule has 9 heteroatoms. The molecule has 2 heterocycles. The highest BCUT2D eigenvalue weighted by Gasteiger charge is 2.24. The van der Waals surface area contributed by atoms with Gasteiger partial charge in [0.1, 0.15) is 18.8 Å². The number of aromatic nitrogens is 1. The lowest BCUT2D eigenvalue weighted by Gasteiger charge is -2.30. The predicted molar refractivity (Wildman–Crippen MR) is 102 cm³/mol. The van der Waals surface area contributed by atoms with Gasteiger partial charge in [0.15, 0.2) is 0 Å². The van der Waals surface area contributed by atoms with Crippen molar-refractivity contribution in [1.82, 2.24) is 10.1 Å². The molecule has 142 valence electrons. The topological polar surface area (TPSA) is 91.3 Å². The number of halogens is 1. The molecule has 0 radical (unpaired) electrons. The Morgan fingerprint density at radius 1 is 1.41 bits per heavy atom. The normalized spacial score (nSPS) is 13.6. The van der Waals surface area contributed by atoms with Crippen molar-refractivity contribution >= 4 is 18.7 Å². The molecule has 0 unspecified atom stereocenters. The van der Waals surface area contributed by atoms with E-state index in [1.807, 2.05) is 4.90 Å². The molecular weight excluding hydrogens is 350 g/mol. The quantitative estimate of drug-likeness (QED) is 0.652. The summed E-state index contributed by atoms with van der Waals surface area (Å²) in [5.41, 5.74) is 0.840. The Labute approximate surface area is 157 Å². The van der Waals surface area contributed by atoms with Crippen molar-refractivity contribution in [2.45, 2.75) is 26.2 Å². The van der Waals surface area contributed by atoms with E-state index in [2.05, 4.69) is 11.3 Å². The van der Waals surface area contributed by atoms with E-state index in [1.165, 1.54) is 17.7 Å². The lowest BCUT2D eigenvalue weighted by Crippen LogP contribution is -2.36. The Balaban J connectivity index is 0.000000817. The van der Waals surface area contributed by atoms with Crippen LogP contribution < -0.4 is 15.8 Å². The van der Waals surface area contributed by atoms with Gasteiger partial charge in [0.25, 0.3) is 6.71 Å². The van der Waals surface area contributed by atoms with Crippen molar-refractivity contribution in [3.8, 4) is 17.1 Å². The minimum absolute atomic E-state index is 0.0557. The highest BCUT2D eigenvalue weighted by molar-refractivity contribution is 6.67. The van der Waals surface area contributed by atoms with Crippen molar-refractivity contribution in [2.75, 3.05) is 25.0 Å².